The highest BCUT2D eigenvalue weighted by atomic mass is 16.5. The maximum absolute atomic E-state index is 11.3. The van der Waals surface area contributed by atoms with Crippen LogP contribution in [-0.2, 0) is 11.3 Å². The van der Waals surface area contributed by atoms with Crippen LogP contribution in [0.25, 0.3) is 0 Å². The molecule has 1 saturated heterocycles. The van der Waals surface area contributed by atoms with Crippen molar-refractivity contribution in [2.24, 2.45) is 0 Å². The van der Waals surface area contributed by atoms with E-state index in [1.54, 1.807) is 14.2 Å². The van der Waals surface area contributed by atoms with Gasteiger partial charge in [-0.15, -0.1) is 0 Å². The first-order valence-electron chi connectivity index (χ1n) is 5.93. The Balaban J connectivity index is 2.10. The molecule has 1 N–H and O–H groups in total. The van der Waals surface area contributed by atoms with E-state index in [-0.39, 0.29) is 5.91 Å². The van der Waals surface area contributed by atoms with E-state index in [0.717, 1.165) is 23.6 Å². The Hall–Kier alpha value is -1.75. The summed E-state index contributed by atoms with van der Waals surface area (Å²) in [6.07, 6.45) is 0. The smallest absolute Gasteiger partial charge is 0.234 e. The second-order valence-electron chi connectivity index (χ2n) is 4.24. The molecule has 0 aliphatic carbocycles. The lowest BCUT2D eigenvalue weighted by molar-refractivity contribution is -0.124. The van der Waals surface area contributed by atoms with Crippen molar-refractivity contribution >= 4 is 5.91 Å². The summed E-state index contributed by atoms with van der Waals surface area (Å²) in [5, 5.41) is 2.81. The summed E-state index contributed by atoms with van der Waals surface area (Å²) in [7, 11) is 3.27. The second-order valence-corrected chi connectivity index (χ2v) is 4.24. The molecule has 1 amide bonds. The number of ether oxygens (including phenoxy) is 2. The summed E-state index contributed by atoms with van der Waals surface area (Å²) in [5.41, 5.74) is 1.06. The number of benzene rings is 1. The number of piperazine rings is 1. The predicted molar refractivity (Wildman–Crippen MR) is 67.8 cm³/mol. The first kappa shape index (κ1) is 12.7. The SMILES string of the molecule is COc1ccc(CN2CCNC(=O)C2)c(OC)c1. The molecule has 5 nitrogen and oxygen atoms in total. The van der Waals surface area contributed by atoms with Crippen LogP contribution in [0, 0.1) is 0 Å². The minimum Gasteiger partial charge on any atom is -0.497 e. The van der Waals surface area contributed by atoms with Crippen molar-refractivity contribution in [1.29, 1.82) is 0 Å². The van der Waals surface area contributed by atoms with Gasteiger partial charge >= 0.3 is 0 Å². The summed E-state index contributed by atoms with van der Waals surface area (Å²) < 4.78 is 10.5. The van der Waals surface area contributed by atoms with E-state index in [1.165, 1.54) is 0 Å². The number of methoxy groups -OCH3 is 2. The third-order valence-corrected chi connectivity index (χ3v) is 3.01. The molecule has 98 valence electrons. The highest BCUT2D eigenvalue weighted by Gasteiger charge is 2.17. The third-order valence-electron chi connectivity index (χ3n) is 3.01. The molecule has 1 fully saturated rings. The lowest BCUT2D eigenvalue weighted by atomic mass is 10.1. The van der Waals surface area contributed by atoms with Crippen LogP contribution in [0.4, 0.5) is 0 Å². The monoisotopic (exact) mass is 250 g/mol. The Morgan fingerprint density at radius 1 is 1.33 bits per heavy atom. The van der Waals surface area contributed by atoms with Crippen molar-refractivity contribution < 1.29 is 14.3 Å². The minimum atomic E-state index is 0.0775. The fourth-order valence-electron chi connectivity index (χ4n) is 2.05. The molecule has 1 heterocycles. The van der Waals surface area contributed by atoms with Gasteiger partial charge < -0.3 is 14.8 Å². The van der Waals surface area contributed by atoms with E-state index in [4.69, 9.17) is 9.47 Å². The van der Waals surface area contributed by atoms with Gasteiger partial charge in [-0.3, -0.25) is 9.69 Å². The Bertz CT molecular complexity index is 434. The summed E-state index contributed by atoms with van der Waals surface area (Å²) in [5.74, 6) is 1.64. The Kier molecular flexibility index (Phi) is 4.04. The molecule has 0 spiro atoms. The second kappa shape index (κ2) is 5.73. The fourth-order valence-corrected chi connectivity index (χ4v) is 2.05. The molecule has 0 unspecified atom stereocenters. The molecular weight excluding hydrogens is 232 g/mol. The Labute approximate surface area is 107 Å². The molecule has 0 atom stereocenters. The van der Waals surface area contributed by atoms with Crippen molar-refractivity contribution in [3.63, 3.8) is 0 Å². The van der Waals surface area contributed by atoms with Gasteiger partial charge in [-0.05, 0) is 6.07 Å². The van der Waals surface area contributed by atoms with Crippen molar-refractivity contribution in [3.05, 3.63) is 23.8 Å². The molecule has 1 aliphatic heterocycles. The number of carbonyl (C=O) groups is 1. The summed E-state index contributed by atoms with van der Waals surface area (Å²) in [6, 6.07) is 5.74. The van der Waals surface area contributed by atoms with Gasteiger partial charge in [0.15, 0.2) is 0 Å². The first-order chi connectivity index (χ1) is 8.72. The average molecular weight is 250 g/mol. The standard InChI is InChI=1S/C13H18N2O3/c1-17-11-4-3-10(12(7-11)18-2)8-15-6-5-14-13(16)9-15/h3-4,7H,5-6,8-9H2,1-2H3,(H,14,16). The van der Waals surface area contributed by atoms with Crippen LogP contribution in [0.2, 0.25) is 0 Å². The van der Waals surface area contributed by atoms with E-state index in [9.17, 15) is 4.79 Å². The van der Waals surface area contributed by atoms with Crippen LogP contribution in [0.3, 0.4) is 0 Å². The molecule has 1 aromatic rings. The first-order valence-corrected chi connectivity index (χ1v) is 5.93. The third kappa shape index (κ3) is 2.92. The van der Waals surface area contributed by atoms with E-state index in [0.29, 0.717) is 19.6 Å². The topological polar surface area (TPSA) is 50.8 Å². The molecule has 5 heteroatoms. The molecule has 18 heavy (non-hydrogen) atoms. The van der Waals surface area contributed by atoms with E-state index in [2.05, 4.69) is 10.2 Å². The zero-order chi connectivity index (χ0) is 13.0. The van der Waals surface area contributed by atoms with E-state index in [1.807, 2.05) is 18.2 Å². The number of nitrogens with zero attached hydrogens (tertiary/aromatic N) is 1. The van der Waals surface area contributed by atoms with Gasteiger partial charge in [0.1, 0.15) is 11.5 Å². The van der Waals surface area contributed by atoms with Crippen LogP contribution >= 0.6 is 0 Å². The Morgan fingerprint density at radius 2 is 2.17 bits per heavy atom. The zero-order valence-electron chi connectivity index (χ0n) is 10.7. The lowest BCUT2D eigenvalue weighted by Crippen LogP contribution is -2.47. The fraction of sp³-hybridized carbons (Fsp3) is 0.462. The number of hydrogen-bond donors (Lipinski definition) is 1. The molecule has 0 bridgehead atoms. The molecule has 1 aliphatic rings. The van der Waals surface area contributed by atoms with Gasteiger partial charge in [-0.1, -0.05) is 6.07 Å². The number of hydrogen-bond acceptors (Lipinski definition) is 4. The molecule has 1 aromatic carbocycles. The van der Waals surface area contributed by atoms with Gasteiger partial charge in [0.05, 0.1) is 20.8 Å². The molecule has 0 radical (unpaired) electrons. The highest BCUT2D eigenvalue weighted by molar-refractivity contribution is 5.78. The van der Waals surface area contributed by atoms with E-state index >= 15 is 0 Å². The largest absolute Gasteiger partial charge is 0.497 e. The number of nitrogens with one attached hydrogen (secondary N) is 1. The average Bonchev–Trinajstić information content (AvgIpc) is 2.39. The van der Waals surface area contributed by atoms with Gasteiger partial charge in [0.2, 0.25) is 5.91 Å². The molecule has 0 saturated carbocycles. The van der Waals surface area contributed by atoms with Crippen LogP contribution in [-0.4, -0.2) is 44.7 Å². The molecule has 0 aromatic heterocycles. The minimum absolute atomic E-state index is 0.0775. The van der Waals surface area contributed by atoms with Gasteiger partial charge in [-0.2, -0.15) is 0 Å². The number of amides is 1. The van der Waals surface area contributed by atoms with Crippen molar-refractivity contribution in [1.82, 2.24) is 10.2 Å². The van der Waals surface area contributed by atoms with Crippen LogP contribution in [0.5, 0.6) is 11.5 Å². The van der Waals surface area contributed by atoms with Crippen molar-refractivity contribution in [2.45, 2.75) is 6.54 Å². The van der Waals surface area contributed by atoms with Crippen LogP contribution < -0.4 is 14.8 Å². The quantitative estimate of drug-likeness (QED) is 0.852. The molecular formula is C13H18N2O3. The maximum atomic E-state index is 11.3. The number of rotatable bonds is 4. The van der Waals surface area contributed by atoms with E-state index < -0.39 is 0 Å². The summed E-state index contributed by atoms with van der Waals surface area (Å²) >= 11 is 0. The normalized spacial score (nSPS) is 16.2. The summed E-state index contributed by atoms with van der Waals surface area (Å²) in [4.78, 5) is 13.4. The lowest BCUT2D eigenvalue weighted by Gasteiger charge is -2.27. The van der Waals surface area contributed by atoms with Crippen LogP contribution in [0.15, 0.2) is 18.2 Å². The predicted octanol–water partition coefficient (Wildman–Crippen LogP) is 0.636. The van der Waals surface area contributed by atoms with Crippen molar-refractivity contribution in [3.8, 4) is 11.5 Å². The van der Waals surface area contributed by atoms with Gasteiger partial charge in [-0.25, -0.2) is 0 Å². The maximum Gasteiger partial charge on any atom is 0.234 e. The van der Waals surface area contributed by atoms with Gasteiger partial charge in [0.25, 0.3) is 0 Å². The van der Waals surface area contributed by atoms with Crippen molar-refractivity contribution in [2.75, 3.05) is 33.9 Å². The zero-order valence-corrected chi connectivity index (χ0v) is 10.7. The number of carbonyl (C=O) groups excluding carboxylic acids is 1. The Morgan fingerprint density at radius 3 is 2.83 bits per heavy atom. The summed E-state index contributed by atoms with van der Waals surface area (Å²) in [6.45, 7) is 2.72. The van der Waals surface area contributed by atoms with Crippen LogP contribution in [0.1, 0.15) is 5.56 Å². The molecule has 2 rings (SSSR count). The highest BCUT2D eigenvalue weighted by Crippen LogP contribution is 2.25. The van der Waals surface area contributed by atoms with Gasteiger partial charge in [0, 0.05) is 31.3 Å².